The third kappa shape index (κ3) is 4.41. The number of hydrogen-bond acceptors (Lipinski definition) is 4. The molecule has 0 aromatic heterocycles. The highest BCUT2D eigenvalue weighted by molar-refractivity contribution is 7.88. The van der Waals surface area contributed by atoms with E-state index in [4.69, 9.17) is 4.74 Å². The standard InChI is InChI=1S/C14H28N2O3S/c1-19-11-9-14(15-20(2,17)18)8-10-16(12-14)13-6-4-3-5-7-13/h13,15H,3-12H2,1-2H3. The lowest BCUT2D eigenvalue weighted by atomic mass is 9.93. The first-order valence-electron chi connectivity index (χ1n) is 7.66. The molecule has 2 aliphatic rings. The fraction of sp³-hybridized carbons (Fsp3) is 1.00. The Bertz CT molecular complexity index is 407. The van der Waals surface area contributed by atoms with Crippen LogP contribution >= 0.6 is 0 Å². The summed E-state index contributed by atoms with van der Waals surface area (Å²) in [5, 5.41) is 0. The van der Waals surface area contributed by atoms with Crippen LogP contribution in [0.1, 0.15) is 44.9 Å². The summed E-state index contributed by atoms with van der Waals surface area (Å²) in [4.78, 5) is 2.49. The lowest BCUT2D eigenvalue weighted by Crippen LogP contribution is -2.51. The summed E-state index contributed by atoms with van der Waals surface area (Å²) in [6, 6.07) is 0.648. The Morgan fingerprint density at radius 1 is 1.30 bits per heavy atom. The molecule has 2 rings (SSSR count). The zero-order valence-corrected chi connectivity index (χ0v) is 13.5. The monoisotopic (exact) mass is 304 g/mol. The van der Waals surface area contributed by atoms with Gasteiger partial charge in [-0.15, -0.1) is 0 Å². The number of nitrogens with zero attached hydrogens (tertiary/aromatic N) is 1. The molecular formula is C14H28N2O3S. The minimum atomic E-state index is -3.18. The second-order valence-electron chi connectivity index (χ2n) is 6.41. The zero-order valence-electron chi connectivity index (χ0n) is 12.7. The smallest absolute Gasteiger partial charge is 0.209 e. The van der Waals surface area contributed by atoms with Gasteiger partial charge in [-0.3, -0.25) is 4.90 Å². The first-order chi connectivity index (χ1) is 9.44. The Hall–Kier alpha value is -0.170. The van der Waals surface area contributed by atoms with Gasteiger partial charge in [-0.05, 0) is 25.7 Å². The summed E-state index contributed by atoms with van der Waals surface area (Å²) < 4.78 is 31.4. The van der Waals surface area contributed by atoms with E-state index in [-0.39, 0.29) is 5.54 Å². The van der Waals surface area contributed by atoms with E-state index in [2.05, 4.69) is 9.62 Å². The van der Waals surface area contributed by atoms with Gasteiger partial charge in [-0.2, -0.15) is 0 Å². The van der Waals surface area contributed by atoms with Gasteiger partial charge < -0.3 is 4.74 Å². The molecule has 118 valence electrons. The summed E-state index contributed by atoms with van der Waals surface area (Å²) in [5.41, 5.74) is -0.332. The third-order valence-electron chi connectivity index (χ3n) is 4.66. The molecule has 0 aromatic carbocycles. The molecule has 0 bridgehead atoms. The van der Waals surface area contributed by atoms with Gasteiger partial charge in [0.15, 0.2) is 0 Å². The van der Waals surface area contributed by atoms with Gasteiger partial charge in [0.25, 0.3) is 0 Å². The molecule has 1 aliphatic carbocycles. The minimum absolute atomic E-state index is 0.332. The number of ether oxygens (including phenoxy) is 1. The van der Waals surface area contributed by atoms with Crippen LogP contribution in [0.2, 0.25) is 0 Å². The van der Waals surface area contributed by atoms with Crippen molar-refractivity contribution in [3.8, 4) is 0 Å². The topological polar surface area (TPSA) is 58.6 Å². The highest BCUT2D eigenvalue weighted by Crippen LogP contribution is 2.32. The van der Waals surface area contributed by atoms with Crippen molar-refractivity contribution >= 4 is 10.0 Å². The van der Waals surface area contributed by atoms with Crippen LogP contribution in [-0.4, -0.2) is 58.0 Å². The number of hydrogen-bond donors (Lipinski definition) is 1. The lowest BCUT2D eigenvalue weighted by Gasteiger charge is -2.34. The largest absolute Gasteiger partial charge is 0.385 e. The fourth-order valence-corrected chi connectivity index (χ4v) is 4.75. The molecule has 1 N–H and O–H groups in total. The molecule has 1 saturated heterocycles. The molecule has 1 atom stereocenters. The van der Waals surface area contributed by atoms with Gasteiger partial charge in [0.2, 0.25) is 10.0 Å². The number of rotatable bonds is 6. The van der Waals surface area contributed by atoms with Crippen LogP contribution in [0.3, 0.4) is 0 Å². The van der Waals surface area contributed by atoms with Crippen LogP contribution in [0.25, 0.3) is 0 Å². The van der Waals surface area contributed by atoms with Crippen LogP contribution in [0.4, 0.5) is 0 Å². The molecule has 1 heterocycles. The van der Waals surface area contributed by atoms with Gasteiger partial charge in [0.05, 0.1) is 6.26 Å². The minimum Gasteiger partial charge on any atom is -0.385 e. The van der Waals surface area contributed by atoms with Crippen LogP contribution in [0.15, 0.2) is 0 Å². The van der Waals surface area contributed by atoms with E-state index in [1.54, 1.807) is 7.11 Å². The molecule has 0 radical (unpaired) electrons. The van der Waals surface area contributed by atoms with Crippen LogP contribution < -0.4 is 4.72 Å². The average Bonchev–Trinajstić information content (AvgIpc) is 2.80. The van der Waals surface area contributed by atoms with E-state index in [9.17, 15) is 8.42 Å². The molecule has 1 aliphatic heterocycles. The maximum Gasteiger partial charge on any atom is 0.209 e. The molecule has 2 fully saturated rings. The second-order valence-corrected chi connectivity index (χ2v) is 8.16. The number of nitrogens with one attached hydrogen (secondary N) is 1. The van der Waals surface area contributed by atoms with Crippen molar-refractivity contribution in [1.82, 2.24) is 9.62 Å². The molecule has 0 aromatic rings. The molecule has 5 nitrogen and oxygen atoms in total. The van der Waals surface area contributed by atoms with E-state index in [1.807, 2.05) is 0 Å². The number of methoxy groups -OCH3 is 1. The van der Waals surface area contributed by atoms with E-state index in [0.29, 0.717) is 12.6 Å². The normalized spacial score (nSPS) is 29.9. The number of likely N-dealkylation sites (tertiary alicyclic amines) is 1. The van der Waals surface area contributed by atoms with Crippen molar-refractivity contribution in [1.29, 1.82) is 0 Å². The lowest BCUT2D eigenvalue weighted by molar-refractivity contribution is 0.147. The van der Waals surface area contributed by atoms with Crippen LogP contribution in [0, 0.1) is 0 Å². The molecular weight excluding hydrogens is 276 g/mol. The van der Waals surface area contributed by atoms with Crippen molar-refractivity contribution in [2.45, 2.75) is 56.5 Å². The van der Waals surface area contributed by atoms with E-state index >= 15 is 0 Å². The molecule has 0 amide bonds. The second kappa shape index (κ2) is 6.73. The molecule has 6 heteroatoms. The van der Waals surface area contributed by atoms with E-state index in [0.717, 1.165) is 25.9 Å². The predicted molar refractivity (Wildman–Crippen MR) is 80.3 cm³/mol. The Morgan fingerprint density at radius 3 is 2.60 bits per heavy atom. The highest BCUT2D eigenvalue weighted by atomic mass is 32.2. The summed E-state index contributed by atoms with van der Waals surface area (Å²) in [6.07, 6.45) is 9.39. The zero-order chi connectivity index (χ0) is 14.6. The molecule has 1 unspecified atom stereocenters. The Balaban J connectivity index is 2.01. The first-order valence-corrected chi connectivity index (χ1v) is 9.55. The van der Waals surface area contributed by atoms with Crippen LogP contribution in [-0.2, 0) is 14.8 Å². The third-order valence-corrected chi connectivity index (χ3v) is 5.46. The van der Waals surface area contributed by atoms with Crippen LogP contribution in [0.5, 0.6) is 0 Å². The van der Waals surface area contributed by atoms with E-state index in [1.165, 1.54) is 38.4 Å². The Labute approximate surface area is 123 Å². The van der Waals surface area contributed by atoms with E-state index < -0.39 is 10.0 Å². The predicted octanol–water partition coefficient (Wildman–Crippen LogP) is 1.35. The summed E-state index contributed by atoms with van der Waals surface area (Å²) in [5.74, 6) is 0. The van der Waals surface area contributed by atoms with Crippen molar-refractivity contribution in [2.75, 3.05) is 33.1 Å². The Kier molecular flexibility index (Phi) is 5.45. The fourth-order valence-electron chi connectivity index (χ4n) is 3.69. The SMILES string of the molecule is COCCC1(NS(C)(=O)=O)CCN(C2CCCCC2)C1. The van der Waals surface area contributed by atoms with Crippen molar-refractivity contribution in [3.63, 3.8) is 0 Å². The highest BCUT2D eigenvalue weighted by Gasteiger charge is 2.42. The molecule has 1 saturated carbocycles. The average molecular weight is 304 g/mol. The molecule has 0 spiro atoms. The van der Waals surface area contributed by atoms with Gasteiger partial charge >= 0.3 is 0 Å². The van der Waals surface area contributed by atoms with Crippen molar-refractivity contribution < 1.29 is 13.2 Å². The summed E-state index contributed by atoms with van der Waals surface area (Å²) in [7, 11) is -1.51. The van der Waals surface area contributed by atoms with Crippen molar-refractivity contribution in [2.24, 2.45) is 0 Å². The van der Waals surface area contributed by atoms with Gasteiger partial charge in [-0.25, -0.2) is 13.1 Å². The van der Waals surface area contributed by atoms with Gasteiger partial charge in [0.1, 0.15) is 0 Å². The maximum absolute atomic E-state index is 11.7. The van der Waals surface area contributed by atoms with Crippen molar-refractivity contribution in [3.05, 3.63) is 0 Å². The quantitative estimate of drug-likeness (QED) is 0.805. The molecule has 20 heavy (non-hydrogen) atoms. The Morgan fingerprint density at radius 2 is 2.00 bits per heavy atom. The maximum atomic E-state index is 11.7. The summed E-state index contributed by atoms with van der Waals surface area (Å²) in [6.45, 7) is 2.42. The first kappa shape index (κ1) is 16.2. The number of sulfonamides is 1. The van der Waals surface area contributed by atoms with Gasteiger partial charge in [-0.1, -0.05) is 19.3 Å². The summed E-state index contributed by atoms with van der Waals surface area (Å²) >= 11 is 0. The van der Waals surface area contributed by atoms with Gasteiger partial charge in [0, 0.05) is 38.4 Å².